The molecule has 0 spiro atoms. The number of aromatic nitrogens is 1. The molecule has 7 heteroatoms. The Hall–Kier alpha value is -4.26. The van der Waals surface area contributed by atoms with E-state index in [2.05, 4.69) is 55.2 Å². The van der Waals surface area contributed by atoms with Gasteiger partial charge in [-0.05, 0) is 52.8 Å². The molecule has 2 atom stereocenters. The summed E-state index contributed by atoms with van der Waals surface area (Å²) in [6.07, 6.45) is 1.11. The number of hydrogen-bond donors (Lipinski definition) is 1. The molecule has 2 aliphatic heterocycles. The second-order valence-corrected chi connectivity index (χ2v) is 11.0. The van der Waals surface area contributed by atoms with Gasteiger partial charge in [0.25, 0.3) is 0 Å². The maximum Gasteiger partial charge on any atom is 0.246 e. The van der Waals surface area contributed by atoms with Crippen molar-refractivity contribution in [3.05, 3.63) is 94.7 Å². The van der Waals surface area contributed by atoms with Gasteiger partial charge in [-0.1, -0.05) is 62.4 Å². The number of benzene rings is 3. The van der Waals surface area contributed by atoms with Gasteiger partial charge in [-0.3, -0.25) is 9.59 Å². The van der Waals surface area contributed by atoms with E-state index in [1.807, 2.05) is 35.2 Å². The lowest BCUT2D eigenvalue weighted by Crippen LogP contribution is -2.63. The number of piperazine rings is 1. The van der Waals surface area contributed by atoms with Gasteiger partial charge in [0.05, 0.1) is 26.8 Å². The molecule has 2 aliphatic rings. The molecule has 0 radical (unpaired) electrons. The first-order valence-electron chi connectivity index (χ1n) is 13.9. The van der Waals surface area contributed by atoms with Crippen molar-refractivity contribution in [3.63, 3.8) is 0 Å². The highest BCUT2D eigenvalue weighted by Gasteiger charge is 2.48. The Kier molecular flexibility index (Phi) is 6.74. The van der Waals surface area contributed by atoms with Gasteiger partial charge >= 0.3 is 0 Å². The third-order valence-electron chi connectivity index (χ3n) is 8.38. The molecule has 7 nitrogen and oxygen atoms in total. The highest BCUT2D eigenvalue weighted by atomic mass is 16.5. The monoisotopic (exact) mass is 537 g/mol. The summed E-state index contributed by atoms with van der Waals surface area (Å²) in [5.41, 5.74) is 6.44. The molecule has 3 heterocycles. The minimum atomic E-state index is -0.548. The van der Waals surface area contributed by atoms with E-state index in [4.69, 9.17) is 9.47 Å². The van der Waals surface area contributed by atoms with Crippen LogP contribution in [0.15, 0.2) is 66.7 Å². The zero-order valence-corrected chi connectivity index (χ0v) is 23.4. The van der Waals surface area contributed by atoms with E-state index in [0.29, 0.717) is 36.8 Å². The lowest BCUT2D eigenvalue weighted by molar-refractivity contribution is -0.158. The maximum atomic E-state index is 14.0. The van der Waals surface area contributed by atoms with Gasteiger partial charge in [0.15, 0.2) is 11.5 Å². The zero-order valence-electron chi connectivity index (χ0n) is 23.4. The molecule has 0 saturated carbocycles. The summed E-state index contributed by atoms with van der Waals surface area (Å²) in [4.78, 5) is 35.0. The van der Waals surface area contributed by atoms with Crippen LogP contribution in [0.1, 0.15) is 53.8 Å². The summed E-state index contributed by atoms with van der Waals surface area (Å²) in [6, 6.07) is 21.6. The topological polar surface area (TPSA) is 74.9 Å². The fourth-order valence-electron chi connectivity index (χ4n) is 6.22. The first kappa shape index (κ1) is 26.0. The summed E-state index contributed by atoms with van der Waals surface area (Å²) in [5.74, 6) is 1.70. The van der Waals surface area contributed by atoms with Crippen molar-refractivity contribution in [1.29, 1.82) is 0 Å². The van der Waals surface area contributed by atoms with Crippen LogP contribution in [-0.4, -0.2) is 59.9 Å². The number of hydrogen-bond acceptors (Lipinski definition) is 4. The van der Waals surface area contributed by atoms with E-state index in [1.165, 1.54) is 5.56 Å². The van der Waals surface area contributed by atoms with Gasteiger partial charge in [0, 0.05) is 29.6 Å². The van der Waals surface area contributed by atoms with Crippen LogP contribution < -0.4 is 9.47 Å². The molecule has 1 saturated heterocycles. The summed E-state index contributed by atoms with van der Waals surface area (Å²) in [6.45, 7) is 4.87. The number of ether oxygens (including phenoxy) is 2. The molecule has 1 N–H and O–H groups in total. The minimum Gasteiger partial charge on any atom is -0.493 e. The Morgan fingerprint density at radius 1 is 0.950 bits per heavy atom. The molecular weight excluding hydrogens is 502 g/mol. The molecule has 0 bridgehead atoms. The fraction of sp³-hybridized carbons (Fsp3) is 0.333. The highest BCUT2D eigenvalue weighted by molar-refractivity contribution is 5.97. The second-order valence-electron chi connectivity index (χ2n) is 11.0. The van der Waals surface area contributed by atoms with Gasteiger partial charge in [0.2, 0.25) is 11.8 Å². The number of rotatable bonds is 7. The molecule has 1 fully saturated rings. The lowest BCUT2D eigenvalue weighted by Gasteiger charge is -2.47. The number of aromatic amines is 1. The van der Waals surface area contributed by atoms with Crippen LogP contribution in [0.3, 0.4) is 0 Å². The van der Waals surface area contributed by atoms with Gasteiger partial charge < -0.3 is 24.3 Å². The van der Waals surface area contributed by atoms with Crippen LogP contribution in [0.25, 0.3) is 10.9 Å². The molecule has 0 unspecified atom stereocenters. The molecule has 6 rings (SSSR count). The fourth-order valence-corrected chi connectivity index (χ4v) is 6.22. The molecule has 206 valence electrons. The summed E-state index contributed by atoms with van der Waals surface area (Å²) in [5, 5.41) is 1.11. The quantitative estimate of drug-likeness (QED) is 0.350. The van der Waals surface area contributed by atoms with Crippen molar-refractivity contribution < 1.29 is 19.1 Å². The van der Waals surface area contributed by atoms with Crippen LogP contribution in [0.5, 0.6) is 11.5 Å². The predicted octanol–water partition coefficient (Wildman–Crippen LogP) is 5.24. The number of nitrogens with one attached hydrogen (secondary N) is 1. The van der Waals surface area contributed by atoms with Crippen LogP contribution in [-0.2, 0) is 22.4 Å². The SMILES string of the molecule is COc1ccc(CCN2CC(=O)N3[C@H](c4ccc(C(C)C)cc4)c4[nH]c5ccccc5c4C[C@H]3C2=O)cc1OC. The molecule has 2 amide bonds. The molecular formula is C33H35N3O4. The van der Waals surface area contributed by atoms with Crippen molar-refractivity contribution in [1.82, 2.24) is 14.8 Å². The first-order chi connectivity index (χ1) is 19.4. The smallest absolute Gasteiger partial charge is 0.246 e. The highest BCUT2D eigenvalue weighted by Crippen LogP contribution is 2.42. The number of nitrogens with zero attached hydrogens (tertiary/aromatic N) is 2. The Morgan fingerprint density at radius 3 is 2.42 bits per heavy atom. The average Bonchev–Trinajstić information content (AvgIpc) is 3.35. The number of carbonyl (C=O) groups excluding carboxylic acids is 2. The van der Waals surface area contributed by atoms with Crippen molar-refractivity contribution in [3.8, 4) is 11.5 Å². The van der Waals surface area contributed by atoms with Gasteiger partial charge in [-0.15, -0.1) is 0 Å². The van der Waals surface area contributed by atoms with E-state index in [9.17, 15) is 9.59 Å². The third-order valence-corrected chi connectivity index (χ3v) is 8.38. The van der Waals surface area contributed by atoms with E-state index in [-0.39, 0.29) is 24.4 Å². The molecule has 1 aromatic heterocycles. The first-order valence-corrected chi connectivity index (χ1v) is 13.9. The number of methoxy groups -OCH3 is 2. The zero-order chi connectivity index (χ0) is 28.0. The Bertz CT molecular complexity index is 1570. The summed E-state index contributed by atoms with van der Waals surface area (Å²) in [7, 11) is 3.22. The van der Waals surface area contributed by atoms with E-state index < -0.39 is 6.04 Å². The molecule has 4 aromatic rings. The Labute approximate surface area is 234 Å². The second kappa shape index (κ2) is 10.4. The van der Waals surface area contributed by atoms with E-state index in [1.54, 1.807) is 19.1 Å². The number of carbonyl (C=O) groups is 2. The van der Waals surface area contributed by atoms with Crippen LogP contribution in [0.4, 0.5) is 0 Å². The largest absolute Gasteiger partial charge is 0.493 e. The third kappa shape index (κ3) is 4.39. The lowest BCUT2D eigenvalue weighted by atomic mass is 9.85. The summed E-state index contributed by atoms with van der Waals surface area (Å²) < 4.78 is 10.8. The number of amides is 2. The number of para-hydroxylation sites is 1. The minimum absolute atomic E-state index is 0.000177. The maximum absolute atomic E-state index is 14.0. The van der Waals surface area contributed by atoms with Gasteiger partial charge in [-0.25, -0.2) is 0 Å². The van der Waals surface area contributed by atoms with Crippen molar-refractivity contribution in [2.45, 2.75) is 44.7 Å². The van der Waals surface area contributed by atoms with Crippen molar-refractivity contribution in [2.75, 3.05) is 27.3 Å². The standard InChI is InChI=1S/C33H35N3O4/c1-20(2)22-10-12-23(13-11-22)32-31-25(24-7-5-6-8-26(24)34-31)18-27-33(38)35(19-30(37)36(27)32)16-15-21-9-14-28(39-3)29(17-21)40-4/h5-14,17,20,27,32,34H,15-16,18-19H2,1-4H3/t27-,32+/m0/s1. The number of fused-ring (bicyclic) bond motifs is 4. The molecule has 40 heavy (non-hydrogen) atoms. The Morgan fingerprint density at radius 2 is 1.70 bits per heavy atom. The van der Waals surface area contributed by atoms with Crippen LogP contribution in [0, 0.1) is 0 Å². The predicted molar refractivity (Wildman–Crippen MR) is 155 cm³/mol. The Balaban J connectivity index is 1.34. The molecule has 3 aromatic carbocycles. The van der Waals surface area contributed by atoms with E-state index in [0.717, 1.165) is 33.3 Å². The van der Waals surface area contributed by atoms with Crippen molar-refractivity contribution >= 4 is 22.7 Å². The van der Waals surface area contributed by atoms with Gasteiger partial charge in [-0.2, -0.15) is 0 Å². The molecule has 0 aliphatic carbocycles. The average molecular weight is 538 g/mol. The van der Waals surface area contributed by atoms with E-state index >= 15 is 0 Å². The van der Waals surface area contributed by atoms with Crippen LogP contribution >= 0.6 is 0 Å². The summed E-state index contributed by atoms with van der Waals surface area (Å²) >= 11 is 0. The number of H-pyrrole nitrogens is 1. The van der Waals surface area contributed by atoms with Gasteiger partial charge in [0.1, 0.15) is 6.04 Å². The van der Waals surface area contributed by atoms with Crippen molar-refractivity contribution in [2.24, 2.45) is 0 Å². The van der Waals surface area contributed by atoms with Crippen LogP contribution in [0.2, 0.25) is 0 Å². The normalized spacial score (nSPS) is 18.7.